The standard InChI is InChI=1S/C21H23N3O3S/c1-3-4-14-27-18-12-10-16(11-13-18)19-22-23-21(28-15(2)20(25)26)24(19)17-8-6-5-7-9-17/h5-13,15H,3-4,14H2,1-2H3,(H,25,26)/t15-/m1/s1. The second-order valence-corrected chi connectivity index (χ2v) is 7.61. The van der Waals surface area contributed by atoms with Crippen LogP contribution in [0.25, 0.3) is 17.1 Å². The van der Waals surface area contributed by atoms with Gasteiger partial charge in [0.25, 0.3) is 0 Å². The van der Waals surface area contributed by atoms with Gasteiger partial charge in [0, 0.05) is 11.3 Å². The highest BCUT2D eigenvalue weighted by molar-refractivity contribution is 8.00. The molecule has 0 bridgehead atoms. The van der Waals surface area contributed by atoms with Crippen LogP contribution in [0.4, 0.5) is 0 Å². The highest BCUT2D eigenvalue weighted by atomic mass is 32.2. The zero-order chi connectivity index (χ0) is 19.9. The molecule has 0 saturated carbocycles. The second-order valence-electron chi connectivity index (χ2n) is 6.30. The van der Waals surface area contributed by atoms with Crippen LogP contribution in [0.1, 0.15) is 26.7 Å². The maximum atomic E-state index is 11.3. The number of ether oxygens (including phenoxy) is 1. The van der Waals surface area contributed by atoms with E-state index in [0.29, 0.717) is 17.6 Å². The fourth-order valence-corrected chi connectivity index (χ4v) is 3.39. The van der Waals surface area contributed by atoms with Crippen molar-refractivity contribution in [2.45, 2.75) is 37.1 Å². The molecule has 3 aromatic rings. The van der Waals surface area contributed by atoms with Crippen LogP contribution in [0.15, 0.2) is 59.8 Å². The van der Waals surface area contributed by atoms with Crippen LogP contribution in [0.3, 0.4) is 0 Å². The summed E-state index contributed by atoms with van der Waals surface area (Å²) in [5, 5.41) is 17.8. The second kappa shape index (κ2) is 9.41. The zero-order valence-corrected chi connectivity index (χ0v) is 16.7. The monoisotopic (exact) mass is 397 g/mol. The largest absolute Gasteiger partial charge is 0.494 e. The lowest BCUT2D eigenvalue weighted by Crippen LogP contribution is -2.12. The van der Waals surface area contributed by atoms with Crippen molar-refractivity contribution in [1.82, 2.24) is 14.8 Å². The lowest BCUT2D eigenvalue weighted by Gasteiger charge is -2.12. The van der Waals surface area contributed by atoms with Gasteiger partial charge in [0.15, 0.2) is 11.0 Å². The summed E-state index contributed by atoms with van der Waals surface area (Å²) >= 11 is 1.17. The topological polar surface area (TPSA) is 77.2 Å². The van der Waals surface area contributed by atoms with E-state index in [2.05, 4.69) is 17.1 Å². The van der Waals surface area contributed by atoms with Crippen molar-refractivity contribution in [3.05, 3.63) is 54.6 Å². The third kappa shape index (κ3) is 4.72. The SMILES string of the molecule is CCCCOc1ccc(-c2nnc(S[C@H](C)C(=O)O)n2-c2ccccc2)cc1. The molecule has 0 spiro atoms. The van der Waals surface area contributed by atoms with Crippen LogP contribution in [0, 0.1) is 0 Å². The quantitative estimate of drug-likeness (QED) is 0.417. The first-order valence-electron chi connectivity index (χ1n) is 9.23. The number of carboxylic acid groups (broad SMARTS) is 1. The minimum absolute atomic E-state index is 0.541. The highest BCUT2D eigenvalue weighted by Crippen LogP contribution is 2.30. The van der Waals surface area contributed by atoms with E-state index >= 15 is 0 Å². The number of unbranched alkanes of at least 4 members (excludes halogenated alkanes) is 1. The molecule has 0 saturated heterocycles. The van der Waals surface area contributed by atoms with E-state index in [1.54, 1.807) is 6.92 Å². The normalized spacial score (nSPS) is 11.9. The van der Waals surface area contributed by atoms with Crippen molar-refractivity contribution in [3.63, 3.8) is 0 Å². The summed E-state index contributed by atoms with van der Waals surface area (Å²) in [6, 6.07) is 17.4. The van der Waals surface area contributed by atoms with Crippen molar-refractivity contribution in [2.75, 3.05) is 6.61 Å². The van der Waals surface area contributed by atoms with E-state index in [1.165, 1.54) is 11.8 Å². The summed E-state index contributed by atoms with van der Waals surface area (Å²) in [5.74, 6) is 0.589. The summed E-state index contributed by atoms with van der Waals surface area (Å²) in [5.41, 5.74) is 1.76. The van der Waals surface area contributed by atoms with Crippen molar-refractivity contribution in [1.29, 1.82) is 0 Å². The van der Waals surface area contributed by atoms with E-state index in [0.717, 1.165) is 29.8 Å². The summed E-state index contributed by atoms with van der Waals surface area (Å²) in [7, 11) is 0. The molecule has 28 heavy (non-hydrogen) atoms. The zero-order valence-electron chi connectivity index (χ0n) is 15.9. The van der Waals surface area contributed by atoms with Gasteiger partial charge in [-0.15, -0.1) is 10.2 Å². The first-order chi connectivity index (χ1) is 13.6. The predicted molar refractivity (Wildman–Crippen MR) is 110 cm³/mol. The average molecular weight is 398 g/mol. The molecule has 0 radical (unpaired) electrons. The predicted octanol–water partition coefficient (Wildman–Crippen LogP) is 4.68. The van der Waals surface area contributed by atoms with Gasteiger partial charge in [0.2, 0.25) is 0 Å². The van der Waals surface area contributed by atoms with E-state index in [1.807, 2.05) is 59.2 Å². The van der Waals surface area contributed by atoms with Gasteiger partial charge in [0.05, 0.1) is 6.61 Å². The molecule has 1 atom stereocenters. The van der Waals surface area contributed by atoms with Crippen LogP contribution >= 0.6 is 11.8 Å². The fraction of sp³-hybridized carbons (Fsp3) is 0.286. The first kappa shape index (κ1) is 19.9. The highest BCUT2D eigenvalue weighted by Gasteiger charge is 2.21. The van der Waals surface area contributed by atoms with Crippen molar-refractivity contribution in [3.8, 4) is 22.8 Å². The van der Waals surface area contributed by atoms with Gasteiger partial charge in [-0.25, -0.2) is 0 Å². The van der Waals surface area contributed by atoms with E-state index in [4.69, 9.17) is 4.74 Å². The maximum Gasteiger partial charge on any atom is 0.316 e. The maximum absolute atomic E-state index is 11.3. The summed E-state index contributed by atoms with van der Waals surface area (Å²) in [6.45, 7) is 4.46. The van der Waals surface area contributed by atoms with Gasteiger partial charge in [-0.2, -0.15) is 0 Å². The molecule has 0 fully saturated rings. The Morgan fingerprint density at radius 1 is 1.14 bits per heavy atom. The van der Waals surface area contributed by atoms with Gasteiger partial charge < -0.3 is 9.84 Å². The molecular formula is C21H23N3O3S. The summed E-state index contributed by atoms with van der Waals surface area (Å²) < 4.78 is 7.61. The van der Waals surface area contributed by atoms with Crippen LogP contribution < -0.4 is 4.74 Å². The third-order valence-corrected chi connectivity index (χ3v) is 5.19. The number of thioether (sulfide) groups is 1. The Bertz CT molecular complexity index is 910. The third-order valence-electron chi connectivity index (χ3n) is 4.16. The van der Waals surface area contributed by atoms with Crippen molar-refractivity contribution < 1.29 is 14.6 Å². The van der Waals surface area contributed by atoms with Gasteiger partial charge in [-0.05, 0) is 49.7 Å². The smallest absolute Gasteiger partial charge is 0.316 e. The van der Waals surface area contributed by atoms with Crippen molar-refractivity contribution >= 4 is 17.7 Å². The van der Waals surface area contributed by atoms with Gasteiger partial charge in [0.1, 0.15) is 11.0 Å². The lowest BCUT2D eigenvalue weighted by molar-refractivity contribution is -0.136. The van der Waals surface area contributed by atoms with E-state index < -0.39 is 11.2 Å². The van der Waals surface area contributed by atoms with E-state index in [-0.39, 0.29) is 0 Å². The molecule has 6 nitrogen and oxygen atoms in total. The molecule has 0 unspecified atom stereocenters. The summed E-state index contributed by atoms with van der Waals surface area (Å²) in [6.07, 6.45) is 2.11. The molecule has 0 aliphatic carbocycles. The Morgan fingerprint density at radius 2 is 1.86 bits per heavy atom. The number of aromatic nitrogens is 3. The molecular weight excluding hydrogens is 374 g/mol. The number of aliphatic carboxylic acids is 1. The van der Waals surface area contributed by atoms with Gasteiger partial charge >= 0.3 is 5.97 Å². The molecule has 7 heteroatoms. The van der Waals surface area contributed by atoms with Gasteiger partial charge in [-0.1, -0.05) is 43.3 Å². The number of para-hydroxylation sites is 1. The molecule has 146 valence electrons. The lowest BCUT2D eigenvalue weighted by atomic mass is 10.2. The first-order valence-corrected chi connectivity index (χ1v) is 10.1. The summed E-state index contributed by atoms with van der Waals surface area (Å²) in [4.78, 5) is 11.3. The Kier molecular flexibility index (Phi) is 6.71. The Hall–Kier alpha value is -2.80. The van der Waals surface area contributed by atoms with Crippen LogP contribution in [0.2, 0.25) is 0 Å². The van der Waals surface area contributed by atoms with Crippen LogP contribution in [-0.4, -0.2) is 37.7 Å². The number of hydrogen-bond donors (Lipinski definition) is 1. The molecule has 0 aliphatic heterocycles. The van der Waals surface area contributed by atoms with E-state index in [9.17, 15) is 9.90 Å². The average Bonchev–Trinajstić information content (AvgIpc) is 3.12. The number of hydrogen-bond acceptors (Lipinski definition) is 5. The molecule has 0 amide bonds. The molecule has 2 aromatic carbocycles. The van der Waals surface area contributed by atoms with Crippen LogP contribution in [-0.2, 0) is 4.79 Å². The Balaban J connectivity index is 1.94. The van der Waals surface area contributed by atoms with Crippen LogP contribution in [0.5, 0.6) is 5.75 Å². The number of nitrogens with zero attached hydrogens (tertiary/aromatic N) is 3. The number of carbonyl (C=O) groups is 1. The number of rotatable bonds is 9. The number of benzene rings is 2. The molecule has 3 rings (SSSR count). The fourth-order valence-electron chi connectivity index (χ4n) is 2.59. The minimum Gasteiger partial charge on any atom is -0.494 e. The van der Waals surface area contributed by atoms with Gasteiger partial charge in [-0.3, -0.25) is 9.36 Å². The molecule has 1 aromatic heterocycles. The Morgan fingerprint density at radius 3 is 2.50 bits per heavy atom. The Labute approximate surface area is 168 Å². The number of carboxylic acids is 1. The molecule has 1 N–H and O–H groups in total. The molecule has 1 heterocycles. The van der Waals surface area contributed by atoms with Crippen molar-refractivity contribution in [2.24, 2.45) is 0 Å². The minimum atomic E-state index is -0.886. The molecule has 0 aliphatic rings.